The third kappa shape index (κ3) is 4.12. The number of hydrogen-bond acceptors (Lipinski definition) is 8. The summed E-state index contributed by atoms with van der Waals surface area (Å²) in [6, 6.07) is 30.5. The van der Waals surface area contributed by atoms with Crippen LogP contribution in [0.2, 0.25) is 0 Å². The second kappa shape index (κ2) is 10.2. The maximum Gasteiger partial charge on any atom is 0.262 e. The van der Waals surface area contributed by atoms with E-state index in [1.165, 1.54) is 4.90 Å². The number of nitrogens with zero attached hydrogens (tertiary/aromatic N) is 7. The summed E-state index contributed by atoms with van der Waals surface area (Å²) in [7, 11) is 0. The van der Waals surface area contributed by atoms with E-state index in [4.69, 9.17) is 4.98 Å². The van der Waals surface area contributed by atoms with Crippen LogP contribution in [0.15, 0.2) is 116 Å². The molecule has 2 aliphatic rings. The molecule has 1 aliphatic heterocycles. The van der Waals surface area contributed by atoms with Crippen LogP contribution in [0.4, 0.5) is 0 Å². The molecule has 5 heterocycles. The van der Waals surface area contributed by atoms with Gasteiger partial charge in [-0.2, -0.15) is 0 Å². The van der Waals surface area contributed by atoms with Crippen LogP contribution in [-0.2, 0) is 5.54 Å². The van der Waals surface area contributed by atoms with Crippen molar-refractivity contribution in [3.8, 4) is 34.0 Å². The van der Waals surface area contributed by atoms with Gasteiger partial charge in [0.2, 0.25) is 5.82 Å². The first-order valence-corrected chi connectivity index (χ1v) is 15.7. The van der Waals surface area contributed by atoms with E-state index in [-0.39, 0.29) is 24.7 Å². The highest BCUT2D eigenvalue weighted by molar-refractivity contribution is 6.22. The van der Waals surface area contributed by atoms with Gasteiger partial charge in [0.25, 0.3) is 11.8 Å². The maximum absolute atomic E-state index is 13.6. The van der Waals surface area contributed by atoms with E-state index in [0.29, 0.717) is 28.4 Å². The zero-order valence-corrected chi connectivity index (χ0v) is 25.8. The van der Waals surface area contributed by atoms with Gasteiger partial charge < -0.3 is 5.11 Å². The van der Waals surface area contributed by atoms with Crippen molar-refractivity contribution in [3.05, 3.63) is 132 Å². The number of imide groups is 1. The number of aromatic nitrogens is 6. The van der Waals surface area contributed by atoms with Gasteiger partial charge in [0.1, 0.15) is 0 Å². The molecule has 0 atom stereocenters. The van der Waals surface area contributed by atoms with E-state index in [1.807, 2.05) is 71.3 Å². The van der Waals surface area contributed by atoms with Crippen molar-refractivity contribution in [2.24, 2.45) is 0 Å². The number of rotatable bonds is 5. The largest absolute Gasteiger partial charge is 0.390 e. The summed E-state index contributed by atoms with van der Waals surface area (Å²) >= 11 is 0. The SMILES string of the molecule is CC1(O)CC(c2ccc(-c3nc4ccn5c(-c6ncccn6)nnc5c4cc3-c3ccccc3)cc2)(N2C(=O)c3ccccc3C2=O)C1. The Kier molecular flexibility index (Phi) is 5.97. The fraction of sp³-hybridized carbons (Fsp3) is 0.132. The molecule has 0 unspecified atom stereocenters. The van der Waals surface area contributed by atoms with Crippen molar-refractivity contribution in [3.63, 3.8) is 0 Å². The molecule has 4 aromatic heterocycles. The third-order valence-corrected chi connectivity index (χ3v) is 9.49. The number of aliphatic hydroxyl groups is 1. The molecule has 1 aliphatic carbocycles. The molecule has 9 rings (SSSR count). The number of benzene rings is 3. The van der Waals surface area contributed by atoms with Gasteiger partial charge in [-0.15, -0.1) is 10.2 Å². The van der Waals surface area contributed by atoms with Crippen molar-refractivity contribution in [1.82, 2.24) is 34.4 Å². The molecule has 10 nitrogen and oxygen atoms in total. The van der Waals surface area contributed by atoms with Crippen LogP contribution >= 0.6 is 0 Å². The summed E-state index contributed by atoms with van der Waals surface area (Å²) in [5, 5.41) is 20.7. The van der Waals surface area contributed by atoms with Crippen LogP contribution < -0.4 is 0 Å². The van der Waals surface area contributed by atoms with Gasteiger partial charge in [0, 0.05) is 47.9 Å². The molecule has 2 amide bonds. The van der Waals surface area contributed by atoms with E-state index < -0.39 is 11.1 Å². The van der Waals surface area contributed by atoms with E-state index in [1.54, 1.807) is 49.6 Å². The van der Waals surface area contributed by atoms with E-state index in [2.05, 4.69) is 26.2 Å². The zero-order valence-electron chi connectivity index (χ0n) is 25.8. The number of pyridine rings is 2. The van der Waals surface area contributed by atoms with Gasteiger partial charge in [-0.1, -0.05) is 66.7 Å². The summed E-state index contributed by atoms with van der Waals surface area (Å²) in [5.41, 5.74) is 4.51. The summed E-state index contributed by atoms with van der Waals surface area (Å²) < 4.78 is 1.87. The average molecular weight is 630 g/mol. The molecule has 0 radical (unpaired) electrons. The van der Waals surface area contributed by atoms with Gasteiger partial charge in [0.05, 0.1) is 33.5 Å². The van der Waals surface area contributed by atoms with E-state index in [9.17, 15) is 14.7 Å². The summed E-state index contributed by atoms with van der Waals surface area (Å²) in [4.78, 5) is 42.5. The first-order chi connectivity index (χ1) is 23.3. The summed E-state index contributed by atoms with van der Waals surface area (Å²) in [6.45, 7) is 1.74. The normalized spacial score (nSPS) is 20.3. The lowest BCUT2D eigenvalue weighted by atomic mass is 9.61. The summed E-state index contributed by atoms with van der Waals surface area (Å²) in [5.74, 6) is 0.346. The van der Waals surface area contributed by atoms with Crippen LogP contribution in [0, 0.1) is 0 Å². The number of carbonyl (C=O) groups excluding carboxylic acids is 2. The Morgan fingerprint density at radius 2 is 1.40 bits per heavy atom. The lowest BCUT2D eigenvalue weighted by Gasteiger charge is -2.55. The van der Waals surface area contributed by atoms with Crippen LogP contribution in [0.25, 0.3) is 50.6 Å². The molecule has 3 aromatic carbocycles. The number of amides is 2. The minimum absolute atomic E-state index is 0.249. The Morgan fingerprint density at radius 3 is 2.06 bits per heavy atom. The van der Waals surface area contributed by atoms with Crippen LogP contribution in [0.5, 0.6) is 0 Å². The monoisotopic (exact) mass is 629 g/mol. The Balaban J connectivity index is 1.17. The van der Waals surface area contributed by atoms with E-state index in [0.717, 1.165) is 38.9 Å². The van der Waals surface area contributed by atoms with Crippen LogP contribution in [0.3, 0.4) is 0 Å². The maximum atomic E-state index is 13.6. The van der Waals surface area contributed by atoms with Crippen LogP contribution in [0.1, 0.15) is 46.0 Å². The Morgan fingerprint density at radius 1 is 0.729 bits per heavy atom. The first kappa shape index (κ1) is 28.1. The average Bonchev–Trinajstić information content (AvgIpc) is 3.66. The molecule has 48 heavy (non-hydrogen) atoms. The molecule has 0 spiro atoms. The first-order valence-electron chi connectivity index (χ1n) is 15.7. The van der Waals surface area contributed by atoms with Crippen LogP contribution in [-0.4, -0.2) is 57.0 Å². The third-order valence-electron chi connectivity index (χ3n) is 9.49. The fourth-order valence-electron chi connectivity index (χ4n) is 7.44. The minimum Gasteiger partial charge on any atom is -0.390 e. The molecular formula is C38H27N7O3. The molecular weight excluding hydrogens is 602 g/mol. The van der Waals surface area contributed by atoms with Gasteiger partial charge in [-0.25, -0.2) is 15.0 Å². The topological polar surface area (TPSA) is 126 Å². The Labute approximate surface area is 274 Å². The number of fused-ring (bicyclic) bond motifs is 4. The molecule has 1 N–H and O–H groups in total. The number of carbonyl (C=O) groups is 2. The minimum atomic E-state index is -1.01. The molecule has 1 fully saturated rings. The van der Waals surface area contributed by atoms with E-state index >= 15 is 0 Å². The standard InChI is InChI=1S/C38H27N7O3/c1-37(48)21-38(22-37,45-35(46)26-10-5-6-11-27(26)36(45)47)25-14-12-24(13-15-25)31-28(23-8-3-2-4-9-23)20-29-30(41-31)16-19-44-33(29)42-43-34(44)32-39-17-7-18-40-32/h2-20,48H,21-22H2,1H3. The zero-order chi connectivity index (χ0) is 32.6. The van der Waals surface area contributed by atoms with Gasteiger partial charge in [-0.3, -0.25) is 18.9 Å². The van der Waals surface area contributed by atoms with Crippen molar-refractivity contribution in [2.75, 3.05) is 0 Å². The van der Waals surface area contributed by atoms with Gasteiger partial charge in [0.15, 0.2) is 11.5 Å². The lowest BCUT2D eigenvalue weighted by Crippen LogP contribution is -2.63. The highest BCUT2D eigenvalue weighted by Gasteiger charge is 2.60. The second-order valence-corrected chi connectivity index (χ2v) is 12.7. The van der Waals surface area contributed by atoms with Gasteiger partial charge >= 0.3 is 0 Å². The van der Waals surface area contributed by atoms with Crippen molar-refractivity contribution >= 4 is 28.4 Å². The Bertz CT molecular complexity index is 2380. The smallest absolute Gasteiger partial charge is 0.262 e. The van der Waals surface area contributed by atoms with Gasteiger partial charge in [-0.05, 0) is 48.4 Å². The summed E-state index contributed by atoms with van der Waals surface area (Å²) in [6.07, 6.45) is 5.72. The molecule has 7 aromatic rings. The predicted octanol–water partition coefficient (Wildman–Crippen LogP) is 6.10. The second-order valence-electron chi connectivity index (χ2n) is 12.7. The fourth-order valence-corrected chi connectivity index (χ4v) is 7.44. The lowest BCUT2D eigenvalue weighted by molar-refractivity contribution is -0.118. The molecule has 232 valence electrons. The Hall–Kier alpha value is -6.13. The highest BCUT2D eigenvalue weighted by atomic mass is 16.3. The molecule has 1 saturated carbocycles. The molecule has 0 saturated heterocycles. The number of hydrogen-bond donors (Lipinski definition) is 1. The highest BCUT2D eigenvalue weighted by Crippen LogP contribution is 2.54. The predicted molar refractivity (Wildman–Crippen MR) is 179 cm³/mol. The quantitative estimate of drug-likeness (QED) is 0.226. The molecule has 0 bridgehead atoms. The molecule has 10 heteroatoms. The van der Waals surface area contributed by atoms with Crippen molar-refractivity contribution < 1.29 is 14.7 Å². The van der Waals surface area contributed by atoms with Crippen molar-refractivity contribution in [2.45, 2.75) is 30.9 Å². The van der Waals surface area contributed by atoms with Crippen molar-refractivity contribution in [1.29, 1.82) is 0 Å².